The number of hydrogen-bond acceptors (Lipinski definition) is 3. The number of hydrogen-bond donors (Lipinski definition) is 1. The van der Waals surface area contributed by atoms with Gasteiger partial charge < -0.3 is 10.1 Å². The number of esters is 1. The number of carbonyl (C=O) groups is 2. The molecule has 4 nitrogen and oxygen atoms in total. The lowest BCUT2D eigenvalue weighted by Gasteiger charge is -2.28. The highest BCUT2D eigenvalue weighted by Gasteiger charge is 2.29. The van der Waals surface area contributed by atoms with E-state index in [9.17, 15) is 9.59 Å². The van der Waals surface area contributed by atoms with Crippen molar-refractivity contribution in [1.82, 2.24) is 5.32 Å². The smallest absolute Gasteiger partial charge is 0.308 e. The molecule has 0 heterocycles. The molecule has 1 atom stereocenters. The zero-order chi connectivity index (χ0) is 14.4. The van der Waals surface area contributed by atoms with E-state index in [1.54, 1.807) is 0 Å². The molecule has 0 aliphatic heterocycles. The summed E-state index contributed by atoms with van der Waals surface area (Å²) in [6.45, 7) is 6.29. The molecular weight excluding hydrogens is 310 g/mol. The lowest BCUT2D eigenvalue weighted by molar-refractivity contribution is -0.149. The minimum atomic E-state index is -0.143. The number of nitrogens with one attached hydrogen (secondary N) is 1. The fraction of sp³-hybridized carbons (Fsp3) is 0.857. The van der Waals surface area contributed by atoms with Crippen LogP contribution < -0.4 is 5.32 Å². The molecule has 1 amide bonds. The van der Waals surface area contributed by atoms with Crippen LogP contribution in [0.1, 0.15) is 46.5 Å². The van der Waals surface area contributed by atoms with Gasteiger partial charge in [0.2, 0.25) is 5.91 Å². The van der Waals surface area contributed by atoms with E-state index in [0.717, 1.165) is 25.7 Å². The van der Waals surface area contributed by atoms with Gasteiger partial charge in [0, 0.05) is 6.04 Å². The van der Waals surface area contributed by atoms with Crippen molar-refractivity contribution in [2.24, 2.45) is 11.8 Å². The van der Waals surface area contributed by atoms with Crippen LogP contribution in [0.15, 0.2) is 0 Å². The Morgan fingerprint density at radius 1 is 1.26 bits per heavy atom. The predicted octanol–water partition coefficient (Wildman–Crippen LogP) is 2.64. The van der Waals surface area contributed by atoms with Gasteiger partial charge in [0.15, 0.2) is 0 Å². The summed E-state index contributed by atoms with van der Waals surface area (Å²) in [5.74, 6) is 0.247. The zero-order valence-electron chi connectivity index (χ0n) is 11.9. The molecule has 1 aliphatic rings. The molecule has 1 rings (SSSR count). The minimum absolute atomic E-state index is 0.0120. The van der Waals surface area contributed by atoms with E-state index in [0.29, 0.717) is 6.61 Å². The van der Waals surface area contributed by atoms with Crippen molar-refractivity contribution in [3.05, 3.63) is 0 Å². The molecule has 0 aromatic carbocycles. The molecule has 0 saturated heterocycles. The van der Waals surface area contributed by atoms with Crippen LogP contribution in [0.2, 0.25) is 0 Å². The normalized spacial score (nSPS) is 24.9. The molecule has 110 valence electrons. The Balaban J connectivity index is 2.34. The van der Waals surface area contributed by atoms with Gasteiger partial charge in [-0.2, -0.15) is 0 Å². The van der Waals surface area contributed by atoms with Crippen LogP contribution in [0, 0.1) is 11.8 Å². The fourth-order valence-corrected chi connectivity index (χ4v) is 2.45. The second-order valence-corrected chi connectivity index (χ2v) is 6.44. The molecule has 0 spiro atoms. The third kappa shape index (κ3) is 5.13. The summed E-state index contributed by atoms with van der Waals surface area (Å²) in [6, 6.07) is 0.192. The molecular formula is C14H24BrNO3. The van der Waals surface area contributed by atoms with Crippen molar-refractivity contribution >= 4 is 27.8 Å². The average molecular weight is 334 g/mol. The van der Waals surface area contributed by atoms with Gasteiger partial charge in [0.1, 0.15) is 0 Å². The molecule has 1 aliphatic carbocycles. The maximum Gasteiger partial charge on any atom is 0.308 e. The Labute approximate surface area is 123 Å². The Morgan fingerprint density at radius 2 is 1.84 bits per heavy atom. The van der Waals surface area contributed by atoms with Gasteiger partial charge in [0.25, 0.3) is 0 Å². The Morgan fingerprint density at radius 3 is 2.32 bits per heavy atom. The number of halogens is 1. The van der Waals surface area contributed by atoms with Gasteiger partial charge in [0.05, 0.1) is 17.4 Å². The summed E-state index contributed by atoms with van der Waals surface area (Å²) in [4.78, 5) is 23.4. The highest BCUT2D eigenvalue weighted by molar-refractivity contribution is 9.10. The van der Waals surface area contributed by atoms with E-state index in [-0.39, 0.29) is 34.6 Å². The van der Waals surface area contributed by atoms with Crippen LogP contribution in [0.3, 0.4) is 0 Å². The Bertz CT molecular complexity index is 312. The predicted molar refractivity (Wildman–Crippen MR) is 78.1 cm³/mol. The van der Waals surface area contributed by atoms with Crippen LogP contribution in [-0.4, -0.2) is 29.4 Å². The fourth-order valence-electron chi connectivity index (χ4n) is 2.32. The molecule has 0 radical (unpaired) electrons. The summed E-state index contributed by atoms with van der Waals surface area (Å²) in [5, 5.41) is 3.05. The summed E-state index contributed by atoms with van der Waals surface area (Å²) in [5.41, 5.74) is 0. The van der Waals surface area contributed by atoms with Gasteiger partial charge >= 0.3 is 5.97 Å². The van der Waals surface area contributed by atoms with E-state index in [4.69, 9.17) is 4.74 Å². The van der Waals surface area contributed by atoms with Crippen molar-refractivity contribution in [3.8, 4) is 0 Å². The first-order valence-corrected chi connectivity index (χ1v) is 7.98. The number of carbonyl (C=O) groups excluding carboxylic acids is 2. The third-order valence-electron chi connectivity index (χ3n) is 3.53. The topological polar surface area (TPSA) is 55.4 Å². The molecule has 0 aromatic rings. The maximum absolute atomic E-state index is 11.9. The quantitative estimate of drug-likeness (QED) is 0.621. The van der Waals surface area contributed by atoms with E-state index < -0.39 is 0 Å². The van der Waals surface area contributed by atoms with Crippen LogP contribution >= 0.6 is 15.9 Å². The second kappa shape index (κ2) is 7.88. The molecule has 1 fully saturated rings. The van der Waals surface area contributed by atoms with E-state index in [2.05, 4.69) is 21.2 Å². The highest BCUT2D eigenvalue weighted by atomic mass is 79.9. The zero-order valence-corrected chi connectivity index (χ0v) is 13.5. The molecule has 0 bridgehead atoms. The van der Waals surface area contributed by atoms with Crippen LogP contribution in [-0.2, 0) is 14.3 Å². The monoisotopic (exact) mass is 333 g/mol. The van der Waals surface area contributed by atoms with E-state index in [1.807, 2.05) is 20.8 Å². The lowest BCUT2D eigenvalue weighted by atomic mass is 9.86. The van der Waals surface area contributed by atoms with Gasteiger partial charge in [-0.25, -0.2) is 0 Å². The summed E-state index contributed by atoms with van der Waals surface area (Å²) < 4.78 is 5.03. The Kier molecular flexibility index (Phi) is 6.83. The van der Waals surface area contributed by atoms with Crippen molar-refractivity contribution in [2.75, 3.05) is 6.61 Å². The van der Waals surface area contributed by atoms with Crippen molar-refractivity contribution in [1.29, 1.82) is 0 Å². The largest absolute Gasteiger partial charge is 0.466 e. The third-order valence-corrected chi connectivity index (χ3v) is 5.00. The summed E-state index contributed by atoms with van der Waals surface area (Å²) >= 11 is 3.40. The lowest BCUT2D eigenvalue weighted by Crippen LogP contribution is -2.43. The van der Waals surface area contributed by atoms with Gasteiger partial charge in [-0.3, -0.25) is 9.59 Å². The number of alkyl halides is 1. The highest BCUT2D eigenvalue weighted by Crippen LogP contribution is 2.26. The maximum atomic E-state index is 11.9. The van der Waals surface area contributed by atoms with E-state index >= 15 is 0 Å². The van der Waals surface area contributed by atoms with Crippen LogP contribution in [0.25, 0.3) is 0 Å². The molecule has 1 saturated carbocycles. The second-order valence-electron chi connectivity index (χ2n) is 5.45. The van der Waals surface area contributed by atoms with Crippen LogP contribution in [0.5, 0.6) is 0 Å². The first-order valence-electron chi connectivity index (χ1n) is 7.06. The first kappa shape index (κ1) is 16.5. The number of amides is 1. The summed E-state index contributed by atoms with van der Waals surface area (Å²) in [6.07, 6.45) is 3.32. The van der Waals surface area contributed by atoms with Crippen molar-refractivity contribution in [2.45, 2.75) is 57.3 Å². The SMILES string of the molecule is CCOC(=O)C1CCC(NC(=O)C(Br)C(C)C)CC1. The molecule has 1 unspecified atom stereocenters. The molecule has 1 N–H and O–H groups in total. The summed E-state index contributed by atoms with van der Waals surface area (Å²) in [7, 11) is 0. The van der Waals surface area contributed by atoms with Crippen LogP contribution in [0.4, 0.5) is 0 Å². The number of ether oxygens (including phenoxy) is 1. The van der Waals surface area contributed by atoms with Crippen molar-refractivity contribution in [3.63, 3.8) is 0 Å². The van der Waals surface area contributed by atoms with Gasteiger partial charge in [-0.1, -0.05) is 29.8 Å². The van der Waals surface area contributed by atoms with E-state index in [1.165, 1.54) is 0 Å². The van der Waals surface area contributed by atoms with Crippen molar-refractivity contribution < 1.29 is 14.3 Å². The first-order chi connectivity index (χ1) is 8.95. The molecule has 5 heteroatoms. The average Bonchev–Trinajstić information content (AvgIpc) is 2.38. The standard InChI is InChI=1S/C14H24BrNO3/c1-4-19-14(18)10-5-7-11(8-6-10)16-13(17)12(15)9(2)3/h9-12H,4-8H2,1-3H3,(H,16,17). The minimum Gasteiger partial charge on any atom is -0.466 e. The molecule has 0 aromatic heterocycles. The number of rotatable bonds is 5. The van der Waals surface area contributed by atoms with Gasteiger partial charge in [-0.05, 0) is 38.5 Å². The molecule has 19 heavy (non-hydrogen) atoms. The van der Waals surface area contributed by atoms with Gasteiger partial charge in [-0.15, -0.1) is 0 Å². The Hall–Kier alpha value is -0.580.